The van der Waals surface area contributed by atoms with Gasteiger partial charge >= 0.3 is 0 Å². The maximum absolute atomic E-state index is 12.4. The summed E-state index contributed by atoms with van der Waals surface area (Å²) in [6, 6.07) is 23.0. The first-order chi connectivity index (χ1) is 16.0. The van der Waals surface area contributed by atoms with E-state index < -0.39 is 5.91 Å². The fourth-order valence-corrected chi connectivity index (χ4v) is 2.89. The molecule has 0 radical (unpaired) electrons. The van der Waals surface area contributed by atoms with Crippen LogP contribution in [-0.4, -0.2) is 25.5 Å². The first-order valence-electron chi connectivity index (χ1n) is 10.1. The normalized spacial score (nSPS) is 10.6. The zero-order chi connectivity index (χ0) is 23.6. The van der Waals surface area contributed by atoms with Crippen molar-refractivity contribution in [1.29, 1.82) is 5.26 Å². The van der Waals surface area contributed by atoms with Gasteiger partial charge in [-0.15, -0.1) is 0 Å². The number of ether oxygens (including phenoxy) is 2. The number of nitriles is 1. The largest absolute Gasteiger partial charge is 0.495 e. The lowest BCUT2D eigenvalue weighted by atomic mass is 10.1. The summed E-state index contributed by atoms with van der Waals surface area (Å²) in [5, 5.41) is 14.8. The summed E-state index contributed by atoms with van der Waals surface area (Å²) in [5.41, 5.74) is 2.87. The number of methoxy groups -OCH3 is 1. The van der Waals surface area contributed by atoms with Crippen LogP contribution in [0.5, 0.6) is 11.5 Å². The number of nitrogens with zero attached hydrogens (tertiary/aromatic N) is 1. The topological polar surface area (TPSA) is 100 Å². The molecular weight excluding hydrogens is 418 g/mol. The molecule has 0 aliphatic heterocycles. The van der Waals surface area contributed by atoms with Gasteiger partial charge in [0.05, 0.1) is 12.8 Å². The first-order valence-corrected chi connectivity index (χ1v) is 10.1. The van der Waals surface area contributed by atoms with E-state index >= 15 is 0 Å². The number of hydrogen-bond donors (Lipinski definition) is 2. The molecular formula is C26H23N3O4. The van der Waals surface area contributed by atoms with Crippen LogP contribution in [0.2, 0.25) is 0 Å². The molecule has 33 heavy (non-hydrogen) atoms. The second-order valence-corrected chi connectivity index (χ2v) is 7.10. The van der Waals surface area contributed by atoms with Crippen molar-refractivity contribution in [2.24, 2.45) is 0 Å². The van der Waals surface area contributed by atoms with Crippen molar-refractivity contribution in [2.45, 2.75) is 6.92 Å². The van der Waals surface area contributed by atoms with E-state index in [9.17, 15) is 14.9 Å². The summed E-state index contributed by atoms with van der Waals surface area (Å²) in [4.78, 5) is 24.6. The molecule has 2 N–H and O–H groups in total. The van der Waals surface area contributed by atoms with Gasteiger partial charge in [0.25, 0.3) is 11.8 Å². The maximum Gasteiger partial charge on any atom is 0.266 e. The number of amides is 2. The van der Waals surface area contributed by atoms with E-state index in [0.717, 1.165) is 5.56 Å². The van der Waals surface area contributed by atoms with Gasteiger partial charge in [-0.3, -0.25) is 9.59 Å². The zero-order valence-electron chi connectivity index (χ0n) is 18.3. The van der Waals surface area contributed by atoms with E-state index in [1.165, 1.54) is 13.2 Å². The fraction of sp³-hybridized carbons (Fsp3) is 0.115. The third kappa shape index (κ3) is 6.71. The number of rotatable bonds is 8. The highest BCUT2D eigenvalue weighted by molar-refractivity contribution is 6.09. The average Bonchev–Trinajstić information content (AvgIpc) is 2.83. The molecule has 0 saturated carbocycles. The molecule has 7 nitrogen and oxygen atoms in total. The van der Waals surface area contributed by atoms with E-state index in [2.05, 4.69) is 10.6 Å². The molecule has 0 fully saturated rings. The van der Waals surface area contributed by atoms with Gasteiger partial charge in [-0.05, 0) is 55.0 Å². The molecule has 0 aromatic heterocycles. The lowest BCUT2D eigenvalue weighted by Crippen LogP contribution is -2.20. The average molecular weight is 441 g/mol. The summed E-state index contributed by atoms with van der Waals surface area (Å²) in [6.45, 7) is 1.77. The summed E-state index contributed by atoms with van der Waals surface area (Å²) in [5.74, 6) is 0.212. The summed E-state index contributed by atoms with van der Waals surface area (Å²) < 4.78 is 10.7. The molecule has 7 heteroatoms. The summed E-state index contributed by atoms with van der Waals surface area (Å²) in [6.07, 6.45) is 1.49. The number of carbonyl (C=O) groups is 2. The highest BCUT2D eigenvalue weighted by Crippen LogP contribution is 2.23. The number of nitrogens with one attached hydrogen (secondary N) is 2. The Labute approximate surface area is 192 Å². The molecule has 166 valence electrons. The predicted molar refractivity (Wildman–Crippen MR) is 127 cm³/mol. The van der Waals surface area contributed by atoms with Crippen LogP contribution in [0, 0.1) is 18.3 Å². The molecule has 3 aromatic rings. The number of anilines is 2. The molecule has 0 unspecified atom stereocenters. The Bertz CT molecular complexity index is 1190. The minimum Gasteiger partial charge on any atom is -0.495 e. The standard InChI is InChI=1S/C26H23N3O4/c1-18-7-11-21(12-8-18)28-26(31)20(16-27)15-19-9-13-22(14-10-19)33-17-25(30)29-23-5-3-4-6-24(23)32-2/h3-15H,17H2,1-2H3,(H,28,31)(H,29,30)/b20-15+. The third-order valence-electron chi connectivity index (χ3n) is 4.62. The smallest absolute Gasteiger partial charge is 0.266 e. The van der Waals surface area contributed by atoms with Crippen molar-refractivity contribution >= 4 is 29.3 Å². The summed E-state index contributed by atoms with van der Waals surface area (Å²) >= 11 is 0. The second-order valence-electron chi connectivity index (χ2n) is 7.10. The Balaban J connectivity index is 1.57. The van der Waals surface area contributed by atoms with Gasteiger partial charge in [-0.2, -0.15) is 5.26 Å². The van der Waals surface area contributed by atoms with Crippen molar-refractivity contribution in [1.82, 2.24) is 0 Å². The van der Waals surface area contributed by atoms with Crippen molar-refractivity contribution in [3.8, 4) is 17.6 Å². The van der Waals surface area contributed by atoms with Crippen LogP contribution < -0.4 is 20.1 Å². The fourth-order valence-electron chi connectivity index (χ4n) is 2.89. The minimum absolute atomic E-state index is 0.0274. The van der Waals surface area contributed by atoms with Crippen molar-refractivity contribution in [3.05, 3.63) is 89.5 Å². The van der Waals surface area contributed by atoms with E-state index in [0.29, 0.717) is 28.4 Å². The van der Waals surface area contributed by atoms with Gasteiger partial charge in [-0.1, -0.05) is 42.0 Å². The van der Waals surface area contributed by atoms with Crippen LogP contribution in [0.3, 0.4) is 0 Å². The van der Waals surface area contributed by atoms with Crippen molar-refractivity contribution in [3.63, 3.8) is 0 Å². The van der Waals surface area contributed by atoms with Crippen LogP contribution >= 0.6 is 0 Å². The van der Waals surface area contributed by atoms with Gasteiger partial charge in [0.2, 0.25) is 0 Å². The van der Waals surface area contributed by atoms with Crippen molar-refractivity contribution in [2.75, 3.05) is 24.4 Å². The van der Waals surface area contributed by atoms with Gasteiger partial charge in [0.15, 0.2) is 6.61 Å². The van der Waals surface area contributed by atoms with Crippen molar-refractivity contribution < 1.29 is 19.1 Å². The molecule has 0 aliphatic rings. The van der Waals surface area contributed by atoms with Crippen LogP contribution in [0.15, 0.2) is 78.4 Å². The number of benzene rings is 3. The highest BCUT2D eigenvalue weighted by Gasteiger charge is 2.10. The van der Waals surface area contributed by atoms with E-state index in [1.807, 2.05) is 31.2 Å². The Hall–Kier alpha value is -4.57. The molecule has 0 saturated heterocycles. The number of hydrogen-bond acceptors (Lipinski definition) is 5. The van der Waals surface area contributed by atoms with E-state index in [4.69, 9.17) is 9.47 Å². The number of aryl methyl sites for hydroxylation is 1. The zero-order valence-corrected chi connectivity index (χ0v) is 18.3. The molecule has 3 aromatic carbocycles. The van der Waals surface area contributed by atoms with Gasteiger partial charge in [-0.25, -0.2) is 0 Å². The number of para-hydroxylation sites is 2. The summed E-state index contributed by atoms with van der Waals surface area (Å²) in [7, 11) is 1.53. The van der Waals surface area contributed by atoms with E-state index in [-0.39, 0.29) is 18.1 Å². The Morgan fingerprint density at radius 2 is 1.67 bits per heavy atom. The molecule has 0 atom stereocenters. The predicted octanol–water partition coefficient (Wildman–Crippen LogP) is 4.57. The molecule has 0 heterocycles. The van der Waals surface area contributed by atoms with Crippen LogP contribution in [0.1, 0.15) is 11.1 Å². The third-order valence-corrected chi connectivity index (χ3v) is 4.62. The maximum atomic E-state index is 12.4. The van der Waals surface area contributed by atoms with Gasteiger partial charge in [0, 0.05) is 5.69 Å². The lowest BCUT2D eigenvalue weighted by molar-refractivity contribution is -0.118. The molecule has 0 aliphatic carbocycles. The SMILES string of the molecule is COc1ccccc1NC(=O)COc1ccc(/C=C(\C#N)C(=O)Nc2ccc(C)cc2)cc1. The minimum atomic E-state index is -0.491. The van der Waals surface area contributed by atoms with Crippen LogP contribution in [-0.2, 0) is 9.59 Å². The number of carbonyl (C=O) groups excluding carboxylic acids is 2. The molecule has 2 amide bonds. The second kappa shape index (κ2) is 11.2. The Morgan fingerprint density at radius 3 is 2.33 bits per heavy atom. The highest BCUT2D eigenvalue weighted by atomic mass is 16.5. The Kier molecular flexibility index (Phi) is 7.81. The molecule has 0 spiro atoms. The van der Waals surface area contributed by atoms with Gasteiger partial charge in [0.1, 0.15) is 23.1 Å². The Morgan fingerprint density at radius 1 is 0.970 bits per heavy atom. The quantitative estimate of drug-likeness (QED) is 0.394. The first kappa shape index (κ1) is 23.1. The lowest BCUT2D eigenvalue weighted by Gasteiger charge is -2.10. The van der Waals surface area contributed by atoms with Crippen LogP contribution in [0.4, 0.5) is 11.4 Å². The molecule has 3 rings (SSSR count). The van der Waals surface area contributed by atoms with E-state index in [1.54, 1.807) is 54.6 Å². The van der Waals surface area contributed by atoms with Gasteiger partial charge < -0.3 is 20.1 Å². The van der Waals surface area contributed by atoms with Crippen LogP contribution in [0.25, 0.3) is 6.08 Å². The molecule has 0 bridgehead atoms. The monoisotopic (exact) mass is 441 g/mol.